The third-order valence-corrected chi connectivity index (χ3v) is 4.38. The van der Waals surface area contributed by atoms with E-state index in [1.807, 2.05) is 17.1 Å². The van der Waals surface area contributed by atoms with E-state index in [4.69, 9.17) is 0 Å². The van der Waals surface area contributed by atoms with Gasteiger partial charge in [0.1, 0.15) is 0 Å². The number of nitrogens with zero attached hydrogens (tertiary/aromatic N) is 2. The summed E-state index contributed by atoms with van der Waals surface area (Å²) in [5, 5.41) is 14.8. The molecule has 2 aromatic rings. The van der Waals surface area contributed by atoms with Crippen LogP contribution in [0.15, 0.2) is 36.7 Å². The maximum atomic E-state index is 10.5. The summed E-state index contributed by atoms with van der Waals surface area (Å²) in [6.07, 6.45) is 7.54. The highest BCUT2D eigenvalue weighted by Gasteiger charge is 2.25. The van der Waals surface area contributed by atoms with Crippen molar-refractivity contribution in [2.24, 2.45) is 5.92 Å². The summed E-state index contributed by atoms with van der Waals surface area (Å²) in [5.74, 6) is 0.370. The van der Waals surface area contributed by atoms with Crippen LogP contribution < -0.4 is 0 Å². The number of aliphatic hydroxyl groups is 1. The summed E-state index contributed by atoms with van der Waals surface area (Å²) in [6, 6.07) is 8.61. The highest BCUT2D eigenvalue weighted by molar-refractivity contribution is 5.30. The lowest BCUT2D eigenvalue weighted by Crippen LogP contribution is -2.28. The van der Waals surface area contributed by atoms with Crippen molar-refractivity contribution in [3.05, 3.63) is 53.3 Å². The van der Waals surface area contributed by atoms with Crippen LogP contribution >= 0.6 is 0 Å². The van der Waals surface area contributed by atoms with Gasteiger partial charge in [-0.3, -0.25) is 4.68 Å². The van der Waals surface area contributed by atoms with Crippen LogP contribution in [-0.2, 0) is 25.8 Å². The molecule has 1 aliphatic rings. The Morgan fingerprint density at radius 2 is 2.15 bits per heavy atom. The fourth-order valence-electron chi connectivity index (χ4n) is 3.15. The van der Waals surface area contributed by atoms with Gasteiger partial charge in [-0.15, -0.1) is 0 Å². The fraction of sp³-hybridized carbons (Fsp3) is 0.471. The summed E-state index contributed by atoms with van der Waals surface area (Å²) in [4.78, 5) is 0. The number of aromatic nitrogens is 2. The minimum absolute atomic E-state index is 0.266. The lowest BCUT2D eigenvalue weighted by molar-refractivity contribution is 0.0993. The molecule has 1 aromatic carbocycles. The molecule has 0 saturated carbocycles. The molecule has 1 heterocycles. The number of hydrogen-bond donors (Lipinski definition) is 1. The first kappa shape index (κ1) is 13.4. The minimum Gasteiger partial charge on any atom is -0.392 e. The van der Waals surface area contributed by atoms with Gasteiger partial charge in [0, 0.05) is 19.2 Å². The molecule has 106 valence electrons. The van der Waals surface area contributed by atoms with Gasteiger partial charge >= 0.3 is 0 Å². The minimum atomic E-state index is -0.266. The lowest BCUT2D eigenvalue weighted by atomic mass is 9.80. The van der Waals surface area contributed by atoms with Gasteiger partial charge in [0.05, 0.1) is 12.3 Å². The van der Waals surface area contributed by atoms with E-state index in [0.29, 0.717) is 12.3 Å². The Balaban J connectivity index is 1.65. The number of rotatable bonds is 4. The Morgan fingerprint density at radius 3 is 2.90 bits per heavy atom. The smallest absolute Gasteiger partial charge is 0.0613 e. The third-order valence-electron chi connectivity index (χ3n) is 4.38. The van der Waals surface area contributed by atoms with Gasteiger partial charge in [-0.05, 0) is 48.8 Å². The normalized spacial score (nSPS) is 19.6. The summed E-state index contributed by atoms with van der Waals surface area (Å²) < 4.78 is 1.91. The van der Waals surface area contributed by atoms with E-state index in [1.54, 1.807) is 0 Å². The van der Waals surface area contributed by atoms with E-state index in [2.05, 4.69) is 36.3 Å². The van der Waals surface area contributed by atoms with Gasteiger partial charge in [0.15, 0.2) is 0 Å². The molecule has 1 aliphatic carbocycles. The predicted molar refractivity (Wildman–Crippen MR) is 79.6 cm³/mol. The number of hydrogen-bond acceptors (Lipinski definition) is 2. The second kappa shape index (κ2) is 5.80. The molecule has 0 fully saturated rings. The molecule has 20 heavy (non-hydrogen) atoms. The van der Waals surface area contributed by atoms with Crippen LogP contribution in [0.4, 0.5) is 0 Å². The van der Waals surface area contributed by atoms with E-state index in [1.165, 1.54) is 11.1 Å². The molecule has 3 heteroatoms. The van der Waals surface area contributed by atoms with Gasteiger partial charge in [-0.25, -0.2) is 0 Å². The highest BCUT2D eigenvalue weighted by atomic mass is 16.3. The summed E-state index contributed by atoms with van der Waals surface area (Å²) in [6.45, 7) is 2.96. The van der Waals surface area contributed by atoms with Crippen molar-refractivity contribution in [2.45, 2.75) is 45.3 Å². The Morgan fingerprint density at radius 1 is 1.35 bits per heavy atom. The number of fused-ring (bicyclic) bond motifs is 1. The molecule has 1 aromatic heterocycles. The van der Waals surface area contributed by atoms with Crippen molar-refractivity contribution in [3.8, 4) is 0 Å². The zero-order chi connectivity index (χ0) is 13.9. The van der Waals surface area contributed by atoms with E-state index in [9.17, 15) is 5.11 Å². The zero-order valence-electron chi connectivity index (χ0n) is 12.0. The Labute approximate surface area is 120 Å². The van der Waals surface area contributed by atoms with Gasteiger partial charge < -0.3 is 5.11 Å². The summed E-state index contributed by atoms with van der Waals surface area (Å²) in [7, 11) is 0. The van der Waals surface area contributed by atoms with Crippen LogP contribution in [0, 0.1) is 5.92 Å². The number of aryl methyl sites for hydroxylation is 2. The predicted octanol–water partition coefficient (Wildman–Crippen LogP) is 2.61. The second-order valence-corrected chi connectivity index (χ2v) is 5.75. The first-order chi connectivity index (χ1) is 9.76. The van der Waals surface area contributed by atoms with E-state index < -0.39 is 0 Å². The van der Waals surface area contributed by atoms with Crippen LogP contribution in [0.2, 0.25) is 0 Å². The maximum absolute atomic E-state index is 10.5. The monoisotopic (exact) mass is 270 g/mol. The molecule has 2 atom stereocenters. The van der Waals surface area contributed by atoms with Crippen molar-refractivity contribution in [3.63, 3.8) is 0 Å². The lowest BCUT2D eigenvalue weighted by Gasteiger charge is -2.28. The first-order valence-corrected chi connectivity index (χ1v) is 7.52. The summed E-state index contributed by atoms with van der Waals surface area (Å²) in [5.41, 5.74) is 4.00. The van der Waals surface area contributed by atoms with E-state index >= 15 is 0 Å². The number of aliphatic hydroxyl groups excluding tert-OH is 1. The fourth-order valence-corrected chi connectivity index (χ4v) is 3.15. The maximum Gasteiger partial charge on any atom is 0.0613 e. The standard InChI is InChI=1S/C17H22N2O/c1-2-19-12-13(11-18-19)9-17(20)16-8-7-14-5-3-4-6-15(14)10-16/h3-6,11-12,16-17,20H,2,7-10H2,1H3. The van der Waals surface area contributed by atoms with Crippen LogP contribution in [0.1, 0.15) is 30.0 Å². The SMILES string of the molecule is CCn1cc(CC(O)C2CCc3ccccc3C2)cn1. The zero-order valence-corrected chi connectivity index (χ0v) is 12.0. The van der Waals surface area contributed by atoms with Gasteiger partial charge in [-0.2, -0.15) is 5.10 Å². The Kier molecular flexibility index (Phi) is 3.88. The van der Waals surface area contributed by atoms with Crippen LogP contribution in [0.3, 0.4) is 0 Å². The molecule has 0 amide bonds. The van der Waals surface area contributed by atoms with Crippen molar-refractivity contribution >= 4 is 0 Å². The first-order valence-electron chi connectivity index (χ1n) is 7.52. The second-order valence-electron chi connectivity index (χ2n) is 5.75. The van der Waals surface area contributed by atoms with E-state index in [0.717, 1.165) is 31.4 Å². The average molecular weight is 270 g/mol. The molecule has 0 radical (unpaired) electrons. The quantitative estimate of drug-likeness (QED) is 0.927. The Hall–Kier alpha value is -1.61. The topological polar surface area (TPSA) is 38.0 Å². The molecule has 0 aliphatic heterocycles. The van der Waals surface area contributed by atoms with Crippen molar-refractivity contribution in [1.82, 2.24) is 9.78 Å². The molecule has 0 saturated heterocycles. The van der Waals surface area contributed by atoms with Crippen molar-refractivity contribution < 1.29 is 5.11 Å². The molecule has 0 spiro atoms. The van der Waals surface area contributed by atoms with Crippen LogP contribution in [-0.4, -0.2) is 21.0 Å². The Bertz CT molecular complexity index is 576. The molecule has 1 N–H and O–H groups in total. The molecule has 0 bridgehead atoms. The van der Waals surface area contributed by atoms with Gasteiger partial charge in [-0.1, -0.05) is 24.3 Å². The highest BCUT2D eigenvalue weighted by Crippen LogP contribution is 2.28. The van der Waals surface area contributed by atoms with E-state index in [-0.39, 0.29) is 6.10 Å². The van der Waals surface area contributed by atoms with Gasteiger partial charge in [0.2, 0.25) is 0 Å². The van der Waals surface area contributed by atoms with Crippen LogP contribution in [0.5, 0.6) is 0 Å². The van der Waals surface area contributed by atoms with Crippen molar-refractivity contribution in [1.29, 1.82) is 0 Å². The summed E-state index contributed by atoms with van der Waals surface area (Å²) >= 11 is 0. The molecular formula is C17H22N2O. The van der Waals surface area contributed by atoms with Crippen LogP contribution in [0.25, 0.3) is 0 Å². The third kappa shape index (κ3) is 2.78. The molecule has 3 rings (SSSR count). The number of benzene rings is 1. The largest absolute Gasteiger partial charge is 0.392 e. The van der Waals surface area contributed by atoms with Gasteiger partial charge in [0.25, 0.3) is 0 Å². The average Bonchev–Trinajstić information content (AvgIpc) is 2.94. The van der Waals surface area contributed by atoms with Crippen molar-refractivity contribution in [2.75, 3.05) is 0 Å². The molecule has 2 unspecified atom stereocenters. The molecular weight excluding hydrogens is 248 g/mol. The molecule has 3 nitrogen and oxygen atoms in total.